The lowest BCUT2D eigenvalue weighted by Gasteiger charge is -2.44. The molecule has 3 heterocycles. The molecule has 1 N–H and O–H groups in total. The Labute approximate surface area is 226 Å². The molecule has 0 spiro atoms. The van der Waals surface area contributed by atoms with Crippen LogP contribution in [0.5, 0.6) is 5.75 Å². The van der Waals surface area contributed by atoms with Crippen molar-refractivity contribution in [2.75, 3.05) is 43.1 Å². The summed E-state index contributed by atoms with van der Waals surface area (Å²) in [4.78, 5) is 22.0. The van der Waals surface area contributed by atoms with Crippen LogP contribution < -0.4 is 14.5 Å². The zero-order chi connectivity index (χ0) is 27.9. The number of aliphatic imine (C=N–C) groups is 1. The van der Waals surface area contributed by atoms with Gasteiger partial charge in [-0.05, 0) is 37.3 Å². The Morgan fingerprint density at radius 1 is 1.10 bits per heavy atom. The van der Waals surface area contributed by atoms with Crippen molar-refractivity contribution in [2.45, 2.75) is 25.6 Å². The SMILES string of the molecule is COc1ccc(C(F)(F)F)cc1N1C(N2CCN(c3ccc(C)cc3)CC2)=Nc2c(csc2F)[C@@H]1CC(=O)O. The van der Waals surface area contributed by atoms with Crippen LogP contribution in [0.15, 0.2) is 52.8 Å². The predicted octanol–water partition coefficient (Wildman–Crippen LogP) is 6.07. The van der Waals surface area contributed by atoms with E-state index in [0.29, 0.717) is 31.7 Å². The van der Waals surface area contributed by atoms with Crippen LogP contribution in [0.25, 0.3) is 0 Å². The van der Waals surface area contributed by atoms with E-state index in [-0.39, 0.29) is 23.1 Å². The maximum absolute atomic E-state index is 14.8. The highest BCUT2D eigenvalue weighted by Crippen LogP contribution is 2.47. The number of nitrogens with zero attached hydrogens (tertiary/aromatic N) is 4. The van der Waals surface area contributed by atoms with Gasteiger partial charge in [0.25, 0.3) is 0 Å². The van der Waals surface area contributed by atoms with Gasteiger partial charge in [-0.25, -0.2) is 4.99 Å². The van der Waals surface area contributed by atoms with E-state index in [9.17, 15) is 27.5 Å². The summed E-state index contributed by atoms with van der Waals surface area (Å²) in [5.74, 6) is -0.880. The largest absolute Gasteiger partial charge is 0.495 e. The number of carboxylic acids is 1. The van der Waals surface area contributed by atoms with E-state index in [0.717, 1.165) is 34.7 Å². The quantitative estimate of drug-likeness (QED) is 0.381. The molecule has 1 aromatic heterocycles. The lowest BCUT2D eigenvalue weighted by atomic mass is 10.00. The number of rotatable bonds is 5. The second-order valence-corrected chi connectivity index (χ2v) is 10.2. The fourth-order valence-electron chi connectivity index (χ4n) is 4.96. The standard InChI is InChI=1S/C27H26F4N4O3S/c1-16-3-6-18(7-4-16)33-9-11-34(12-10-33)26-32-24-19(15-39-25(24)28)20(14-23(36)37)35(26)21-13-17(27(29,30)31)5-8-22(21)38-2/h3-8,13,15,20H,9-12,14H2,1-2H3,(H,36,37)/t20-/m0/s1. The van der Waals surface area contributed by atoms with E-state index in [1.54, 1.807) is 0 Å². The monoisotopic (exact) mass is 562 g/mol. The van der Waals surface area contributed by atoms with E-state index in [4.69, 9.17) is 4.74 Å². The number of aliphatic carboxylic acids is 1. The number of aryl methyl sites for hydroxylation is 1. The number of hydrogen-bond acceptors (Lipinski definition) is 7. The van der Waals surface area contributed by atoms with Crippen LogP contribution in [0.2, 0.25) is 0 Å². The Balaban J connectivity index is 1.59. The molecule has 0 saturated carbocycles. The second-order valence-electron chi connectivity index (χ2n) is 9.40. The number of methoxy groups -OCH3 is 1. The number of piperazine rings is 1. The third-order valence-electron chi connectivity index (χ3n) is 6.94. The van der Waals surface area contributed by atoms with E-state index < -0.39 is 35.3 Å². The number of benzene rings is 2. The van der Waals surface area contributed by atoms with Crippen LogP contribution in [0.4, 0.5) is 34.6 Å². The first-order valence-electron chi connectivity index (χ1n) is 12.2. The predicted molar refractivity (Wildman–Crippen MR) is 142 cm³/mol. The first-order chi connectivity index (χ1) is 18.6. The molecule has 1 fully saturated rings. The summed E-state index contributed by atoms with van der Waals surface area (Å²) < 4.78 is 61.5. The van der Waals surface area contributed by atoms with Gasteiger partial charge in [-0.15, -0.1) is 11.3 Å². The summed E-state index contributed by atoms with van der Waals surface area (Å²) in [6, 6.07) is 10.1. The Morgan fingerprint density at radius 3 is 2.38 bits per heavy atom. The van der Waals surface area contributed by atoms with Gasteiger partial charge in [-0.3, -0.25) is 4.79 Å². The highest BCUT2D eigenvalue weighted by molar-refractivity contribution is 7.08. The van der Waals surface area contributed by atoms with Gasteiger partial charge in [0, 0.05) is 42.8 Å². The summed E-state index contributed by atoms with van der Waals surface area (Å²) in [5.41, 5.74) is 1.59. The lowest BCUT2D eigenvalue weighted by molar-refractivity contribution is -0.138. The molecule has 0 amide bonds. The van der Waals surface area contributed by atoms with Crippen molar-refractivity contribution in [3.8, 4) is 5.75 Å². The Hall–Kier alpha value is -3.80. The molecular formula is C27H26F4N4O3S. The van der Waals surface area contributed by atoms with Gasteiger partial charge in [-0.1, -0.05) is 17.7 Å². The van der Waals surface area contributed by atoms with E-state index in [1.807, 2.05) is 36.1 Å². The third kappa shape index (κ3) is 5.25. The minimum atomic E-state index is -4.64. The molecule has 12 heteroatoms. The number of halogens is 4. The Morgan fingerprint density at radius 2 is 1.77 bits per heavy atom. The molecule has 206 valence electrons. The minimum Gasteiger partial charge on any atom is -0.495 e. The highest BCUT2D eigenvalue weighted by Gasteiger charge is 2.41. The van der Waals surface area contributed by atoms with Gasteiger partial charge in [0.2, 0.25) is 11.1 Å². The molecule has 7 nitrogen and oxygen atoms in total. The highest BCUT2D eigenvalue weighted by atomic mass is 32.1. The van der Waals surface area contributed by atoms with Crippen molar-refractivity contribution < 1.29 is 32.2 Å². The van der Waals surface area contributed by atoms with Gasteiger partial charge in [0.05, 0.1) is 30.8 Å². The number of anilines is 2. The number of hydrogen-bond donors (Lipinski definition) is 1. The van der Waals surface area contributed by atoms with E-state index in [2.05, 4.69) is 9.89 Å². The summed E-state index contributed by atoms with van der Waals surface area (Å²) >= 11 is 0.782. The average molecular weight is 563 g/mol. The summed E-state index contributed by atoms with van der Waals surface area (Å²) in [5, 5.41) is 10.7. The molecule has 2 aliphatic heterocycles. The van der Waals surface area contributed by atoms with Crippen molar-refractivity contribution in [1.29, 1.82) is 0 Å². The molecule has 1 atom stereocenters. The number of carbonyl (C=O) groups is 1. The van der Waals surface area contributed by atoms with Gasteiger partial charge < -0.3 is 24.5 Å². The molecule has 5 rings (SSSR count). The van der Waals surface area contributed by atoms with Crippen LogP contribution in [-0.4, -0.2) is 55.2 Å². The van der Waals surface area contributed by atoms with E-state index >= 15 is 0 Å². The fourth-order valence-corrected chi connectivity index (χ4v) is 5.73. The zero-order valence-corrected chi connectivity index (χ0v) is 22.0. The molecule has 0 bridgehead atoms. The number of alkyl halides is 3. The third-order valence-corrected chi connectivity index (χ3v) is 7.71. The zero-order valence-electron chi connectivity index (χ0n) is 21.2. The number of thiophene rings is 1. The molecule has 39 heavy (non-hydrogen) atoms. The average Bonchev–Trinajstić information content (AvgIpc) is 3.28. The van der Waals surface area contributed by atoms with Crippen molar-refractivity contribution >= 4 is 40.3 Å². The molecule has 0 radical (unpaired) electrons. The smallest absolute Gasteiger partial charge is 0.416 e. The number of carboxylic acid groups (broad SMARTS) is 1. The van der Waals surface area contributed by atoms with Gasteiger partial charge in [0.15, 0.2) is 0 Å². The number of fused-ring (bicyclic) bond motifs is 1. The summed E-state index contributed by atoms with van der Waals surface area (Å²) in [6.45, 7) is 4.04. The normalized spacial score (nSPS) is 17.6. The maximum Gasteiger partial charge on any atom is 0.416 e. The Bertz CT molecular complexity index is 1400. The van der Waals surface area contributed by atoms with Crippen LogP contribution in [0, 0.1) is 12.1 Å². The topological polar surface area (TPSA) is 68.6 Å². The molecular weight excluding hydrogens is 536 g/mol. The molecule has 0 unspecified atom stereocenters. The molecule has 3 aromatic rings. The van der Waals surface area contributed by atoms with Crippen LogP contribution in [-0.2, 0) is 11.0 Å². The number of ether oxygens (including phenoxy) is 1. The fraction of sp³-hybridized carbons (Fsp3) is 0.333. The first-order valence-corrected chi connectivity index (χ1v) is 13.1. The van der Waals surface area contributed by atoms with Crippen LogP contribution >= 0.6 is 11.3 Å². The van der Waals surface area contributed by atoms with Gasteiger partial charge in [0.1, 0.15) is 11.4 Å². The molecule has 1 saturated heterocycles. The van der Waals surface area contributed by atoms with Crippen molar-refractivity contribution in [2.24, 2.45) is 4.99 Å². The van der Waals surface area contributed by atoms with Gasteiger partial charge in [-0.2, -0.15) is 17.6 Å². The van der Waals surface area contributed by atoms with Gasteiger partial charge >= 0.3 is 12.1 Å². The van der Waals surface area contributed by atoms with Crippen LogP contribution in [0.1, 0.15) is 29.2 Å². The summed E-state index contributed by atoms with van der Waals surface area (Å²) in [6.07, 6.45) is -5.12. The van der Waals surface area contributed by atoms with E-state index in [1.165, 1.54) is 23.5 Å². The maximum atomic E-state index is 14.8. The summed E-state index contributed by atoms with van der Waals surface area (Å²) in [7, 11) is 1.33. The van der Waals surface area contributed by atoms with Crippen molar-refractivity contribution in [1.82, 2.24) is 4.90 Å². The first kappa shape index (κ1) is 26.8. The molecule has 2 aliphatic rings. The minimum absolute atomic E-state index is 0.00977. The molecule has 2 aromatic carbocycles. The Kier molecular flexibility index (Phi) is 7.15. The van der Waals surface area contributed by atoms with Crippen LogP contribution in [0.3, 0.4) is 0 Å². The van der Waals surface area contributed by atoms with Crippen molar-refractivity contribution in [3.05, 3.63) is 69.7 Å². The van der Waals surface area contributed by atoms with Crippen molar-refractivity contribution in [3.63, 3.8) is 0 Å². The number of guanidine groups is 1. The second kappa shape index (κ2) is 10.4. The lowest BCUT2D eigenvalue weighted by Crippen LogP contribution is -2.55. The molecule has 0 aliphatic carbocycles.